The molecule has 0 saturated carbocycles. The van der Waals surface area contributed by atoms with Gasteiger partial charge in [-0.1, -0.05) is 13.8 Å². The van der Waals surface area contributed by atoms with Crippen molar-refractivity contribution in [3.05, 3.63) is 17.7 Å². The number of methoxy groups -OCH3 is 3. The summed E-state index contributed by atoms with van der Waals surface area (Å²) in [5.74, 6) is 4.24. The quantitative estimate of drug-likeness (QED) is 0.401. The molecule has 148 valence electrons. The van der Waals surface area contributed by atoms with Crippen molar-refractivity contribution in [2.24, 2.45) is 16.8 Å². The smallest absolute Gasteiger partial charge is 0.203 e. The highest BCUT2D eigenvalue weighted by atomic mass is 127. The Bertz CT molecular complexity index is 600. The second kappa shape index (κ2) is 10.7. The van der Waals surface area contributed by atoms with Gasteiger partial charge in [-0.15, -0.1) is 24.0 Å². The molecule has 0 aliphatic carbocycles. The molecule has 1 N–H and O–H groups in total. The van der Waals surface area contributed by atoms with E-state index in [1.165, 1.54) is 6.42 Å². The summed E-state index contributed by atoms with van der Waals surface area (Å²) in [6.45, 7) is 7.27. The summed E-state index contributed by atoms with van der Waals surface area (Å²) in [7, 11) is 6.71. The third-order valence-electron chi connectivity index (χ3n) is 4.60. The van der Waals surface area contributed by atoms with Crippen molar-refractivity contribution in [3.63, 3.8) is 0 Å². The average Bonchev–Trinajstić information content (AvgIpc) is 2.60. The molecule has 1 aromatic carbocycles. The zero-order valence-corrected chi connectivity index (χ0v) is 19.0. The van der Waals surface area contributed by atoms with Crippen molar-refractivity contribution in [3.8, 4) is 17.2 Å². The van der Waals surface area contributed by atoms with Gasteiger partial charge < -0.3 is 24.4 Å². The molecule has 1 fully saturated rings. The van der Waals surface area contributed by atoms with Crippen LogP contribution in [0.25, 0.3) is 0 Å². The number of ether oxygens (including phenoxy) is 3. The molecule has 1 aliphatic heterocycles. The maximum absolute atomic E-state index is 5.56. The van der Waals surface area contributed by atoms with Crippen LogP contribution in [0.2, 0.25) is 0 Å². The summed E-state index contributed by atoms with van der Waals surface area (Å²) in [4.78, 5) is 6.80. The number of piperidine rings is 1. The molecule has 1 saturated heterocycles. The van der Waals surface area contributed by atoms with E-state index in [2.05, 4.69) is 29.1 Å². The first kappa shape index (κ1) is 22.7. The van der Waals surface area contributed by atoms with Crippen LogP contribution in [0.15, 0.2) is 17.1 Å². The highest BCUT2D eigenvalue weighted by Gasteiger charge is 2.24. The summed E-state index contributed by atoms with van der Waals surface area (Å²) in [6, 6.07) is 3.88. The maximum atomic E-state index is 5.56. The van der Waals surface area contributed by atoms with Crippen LogP contribution in [0.4, 0.5) is 0 Å². The van der Waals surface area contributed by atoms with Crippen molar-refractivity contribution in [1.82, 2.24) is 10.2 Å². The molecular weight excluding hydrogens is 445 g/mol. The fraction of sp³-hybridized carbons (Fsp3) is 0.632. The predicted molar refractivity (Wildman–Crippen MR) is 116 cm³/mol. The van der Waals surface area contributed by atoms with E-state index in [4.69, 9.17) is 14.2 Å². The molecule has 0 spiro atoms. The molecule has 0 aromatic heterocycles. The molecule has 0 bridgehead atoms. The third kappa shape index (κ3) is 5.31. The highest BCUT2D eigenvalue weighted by Crippen LogP contribution is 2.39. The van der Waals surface area contributed by atoms with Gasteiger partial charge >= 0.3 is 0 Å². The van der Waals surface area contributed by atoms with Gasteiger partial charge in [-0.25, -0.2) is 0 Å². The molecule has 2 rings (SSSR count). The number of likely N-dealkylation sites (tertiary alicyclic amines) is 1. The number of guanidine groups is 1. The molecule has 7 heteroatoms. The fourth-order valence-electron chi connectivity index (χ4n) is 3.64. The lowest BCUT2D eigenvalue weighted by Gasteiger charge is -2.37. The number of nitrogens with one attached hydrogen (secondary N) is 1. The van der Waals surface area contributed by atoms with E-state index in [1.54, 1.807) is 21.3 Å². The minimum Gasteiger partial charge on any atom is -0.493 e. The number of rotatable bonds is 5. The van der Waals surface area contributed by atoms with Crippen LogP contribution >= 0.6 is 24.0 Å². The van der Waals surface area contributed by atoms with E-state index in [9.17, 15) is 0 Å². The maximum Gasteiger partial charge on any atom is 0.203 e. The zero-order valence-electron chi connectivity index (χ0n) is 16.7. The third-order valence-corrected chi connectivity index (χ3v) is 4.60. The van der Waals surface area contributed by atoms with Crippen molar-refractivity contribution in [2.75, 3.05) is 41.5 Å². The molecule has 1 aromatic rings. The van der Waals surface area contributed by atoms with Gasteiger partial charge in [-0.05, 0) is 30.4 Å². The second-order valence-electron chi connectivity index (χ2n) is 6.75. The molecule has 6 nitrogen and oxygen atoms in total. The molecule has 0 radical (unpaired) electrons. The largest absolute Gasteiger partial charge is 0.493 e. The Labute approximate surface area is 174 Å². The van der Waals surface area contributed by atoms with Crippen LogP contribution in [0.5, 0.6) is 17.2 Å². The van der Waals surface area contributed by atoms with Crippen LogP contribution in [0.1, 0.15) is 25.8 Å². The predicted octanol–water partition coefficient (Wildman–Crippen LogP) is 3.38. The Morgan fingerprint density at radius 1 is 1.08 bits per heavy atom. The number of benzene rings is 1. The van der Waals surface area contributed by atoms with Gasteiger partial charge in [0, 0.05) is 32.2 Å². The summed E-state index contributed by atoms with van der Waals surface area (Å²) in [6.07, 6.45) is 1.27. The average molecular weight is 477 g/mol. The first-order chi connectivity index (χ1) is 12.0. The van der Waals surface area contributed by atoms with E-state index in [1.807, 2.05) is 19.2 Å². The topological polar surface area (TPSA) is 55.3 Å². The van der Waals surface area contributed by atoms with Gasteiger partial charge in [0.1, 0.15) is 0 Å². The SMILES string of the molecule is CN=C(NCc1ccc(OC)c(OC)c1OC)N1CC(C)CC(C)C1.I. The molecule has 2 unspecified atom stereocenters. The molecular formula is C19H32IN3O3. The lowest BCUT2D eigenvalue weighted by molar-refractivity contribution is 0.208. The van der Waals surface area contributed by atoms with Crippen molar-refractivity contribution < 1.29 is 14.2 Å². The zero-order chi connectivity index (χ0) is 18.4. The molecule has 26 heavy (non-hydrogen) atoms. The van der Waals surface area contributed by atoms with E-state index >= 15 is 0 Å². The first-order valence-electron chi connectivity index (χ1n) is 8.77. The van der Waals surface area contributed by atoms with Crippen molar-refractivity contribution in [2.45, 2.75) is 26.8 Å². The first-order valence-corrected chi connectivity index (χ1v) is 8.77. The fourth-order valence-corrected chi connectivity index (χ4v) is 3.64. The molecule has 0 amide bonds. The van der Waals surface area contributed by atoms with Crippen molar-refractivity contribution >= 4 is 29.9 Å². The Morgan fingerprint density at radius 2 is 1.69 bits per heavy atom. The summed E-state index contributed by atoms with van der Waals surface area (Å²) in [5.41, 5.74) is 0.999. The highest BCUT2D eigenvalue weighted by molar-refractivity contribution is 14.0. The Morgan fingerprint density at radius 3 is 2.19 bits per heavy atom. The van der Waals surface area contributed by atoms with Gasteiger partial charge in [0.15, 0.2) is 17.5 Å². The van der Waals surface area contributed by atoms with E-state index in [-0.39, 0.29) is 24.0 Å². The number of halogens is 1. The number of nitrogens with zero attached hydrogens (tertiary/aromatic N) is 2. The number of aliphatic imine (C=N–C) groups is 1. The van der Waals surface area contributed by atoms with E-state index in [0.29, 0.717) is 35.6 Å². The minimum atomic E-state index is 0. The summed E-state index contributed by atoms with van der Waals surface area (Å²) in [5, 5.41) is 3.46. The van der Waals surface area contributed by atoms with Crippen LogP contribution in [0, 0.1) is 11.8 Å². The summed E-state index contributed by atoms with van der Waals surface area (Å²) < 4.78 is 16.4. The lowest BCUT2D eigenvalue weighted by Crippen LogP contribution is -2.48. The Hall–Kier alpha value is -1.38. The standard InChI is InChI=1S/C19H31N3O3.HI/c1-13-9-14(2)12-22(11-13)19(20-3)21-10-15-7-8-16(23-4)18(25-6)17(15)24-5;/h7-8,13-14H,9-12H2,1-6H3,(H,20,21);1H. The van der Waals surface area contributed by atoms with Crippen LogP contribution in [0.3, 0.4) is 0 Å². The van der Waals surface area contributed by atoms with Gasteiger partial charge in [0.25, 0.3) is 0 Å². The Kier molecular flexibility index (Phi) is 9.32. The monoisotopic (exact) mass is 477 g/mol. The van der Waals surface area contributed by atoms with Gasteiger partial charge in [-0.3, -0.25) is 4.99 Å². The Balaban J connectivity index is 0.00000338. The van der Waals surface area contributed by atoms with Gasteiger partial charge in [0.2, 0.25) is 5.75 Å². The normalized spacial score (nSPS) is 20.2. The van der Waals surface area contributed by atoms with Crippen LogP contribution in [-0.2, 0) is 6.54 Å². The summed E-state index contributed by atoms with van der Waals surface area (Å²) >= 11 is 0. The van der Waals surface area contributed by atoms with E-state index < -0.39 is 0 Å². The minimum absolute atomic E-state index is 0. The number of hydrogen-bond acceptors (Lipinski definition) is 4. The van der Waals surface area contributed by atoms with Gasteiger partial charge in [-0.2, -0.15) is 0 Å². The number of hydrogen-bond donors (Lipinski definition) is 1. The molecule has 2 atom stereocenters. The van der Waals surface area contributed by atoms with Crippen LogP contribution in [-0.4, -0.2) is 52.3 Å². The van der Waals surface area contributed by atoms with Crippen LogP contribution < -0.4 is 19.5 Å². The second-order valence-corrected chi connectivity index (χ2v) is 6.75. The van der Waals surface area contributed by atoms with Gasteiger partial charge in [0.05, 0.1) is 21.3 Å². The lowest BCUT2D eigenvalue weighted by atomic mass is 9.92. The molecule has 1 aliphatic rings. The van der Waals surface area contributed by atoms with Crippen molar-refractivity contribution in [1.29, 1.82) is 0 Å². The van der Waals surface area contributed by atoms with E-state index in [0.717, 1.165) is 24.6 Å². The molecule has 1 heterocycles.